The fourth-order valence-electron chi connectivity index (χ4n) is 3.22. The predicted octanol–water partition coefficient (Wildman–Crippen LogP) is -0.544. The van der Waals surface area contributed by atoms with Crippen LogP contribution < -0.4 is 4.52 Å². The van der Waals surface area contributed by atoms with Gasteiger partial charge in [-0.2, -0.15) is 5.10 Å². The van der Waals surface area contributed by atoms with Crippen LogP contribution >= 0.6 is 0 Å². The first kappa shape index (κ1) is 17.4. The van der Waals surface area contributed by atoms with Crippen molar-refractivity contribution in [3.05, 3.63) is 60.6 Å². The maximum absolute atomic E-state index is 9.49. The number of aliphatic hydroxyl groups excluding tert-OH is 2. The van der Waals surface area contributed by atoms with Crippen LogP contribution in [0.2, 0.25) is 0 Å². The summed E-state index contributed by atoms with van der Waals surface area (Å²) < 4.78 is 7.11. The number of fused-ring (bicyclic) bond motifs is 2. The van der Waals surface area contributed by atoms with Crippen LogP contribution in [0.1, 0.15) is 11.3 Å². The monoisotopic (exact) mass is 392 g/mol. The first-order chi connectivity index (χ1) is 14.2. The minimum atomic E-state index is -0.0460. The maximum atomic E-state index is 9.49. The highest BCUT2D eigenvalue weighted by atomic mass is 16.3. The Hall–Kier alpha value is -3.70. The van der Waals surface area contributed by atoms with Crippen molar-refractivity contribution in [1.29, 1.82) is 0 Å². The van der Waals surface area contributed by atoms with E-state index >= 15 is 0 Å². The zero-order valence-corrected chi connectivity index (χ0v) is 15.4. The molecule has 2 N–H and O–H groups in total. The van der Waals surface area contributed by atoms with Gasteiger partial charge in [0.15, 0.2) is 5.65 Å². The highest BCUT2D eigenvalue weighted by Gasteiger charge is 2.14. The van der Waals surface area contributed by atoms with E-state index in [0.29, 0.717) is 30.1 Å². The fraction of sp³-hybridized carbons (Fsp3) is 0.222. The lowest BCUT2D eigenvalue weighted by Gasteiger charge is -2.03. The van der Waals surface area contributed by atoms with Crippen LogP contribution in [0.4, 0.5) is 0 Å². The zero-order chi connectivity index (χ0) is 19.8. The number of hydrogen-bond acceptors (Lipinski definition) is 7. The molecule has 0 bridgehead atoms. The van der Waals surface area contributed by atoms with Crippen LogP contribution in [0.3, 0.4) is 0 Å². The van der Waals surface area contributed by atoms with E-state index in [0.717, 1.165) is 16.8 Å². The van der Waals surface area contributed by atoms with Crippen LogP contribution in [0.25, 0.3) is 22.6 Å². The van der Waals surface area contributed by atoms with Gasteiger partial charge in [0.05, 0.1) is 50.6 Å². The molecule has 0 radical (unpaired) electrons. The van der Waals surface area contributed by atoms with Gasteiger partial charge in [0.25, 0.3) is 0 Å². The van der Waals surface area contributed by atoms with Crippen LogP contribution in [-0.2, 0) is 19.7 Å². The van der Waals surface area contributed by atoms with E-state index in [1.807, 2.05) is 46.0 Å². The molecule has 0 saturated carbocycles. The fourth-order valence-corrected chi connectivity index (χ4v) is 3.22. The summed E-state index contributed by atoms with van der Waals surface area (Å²) in [7, 11) is 0. The van der Waals surface area contributed by atoms with E-state index in [-0.39, 0.29) is 13.2 Å². The summed E-state index contributed by atoms with van der Waals surface area (Å²) in [6.45, 7) is 0.850. The summed E-state index contributed by atoms with van der Waals surface area (Å²) in [6, 6.07) is 3.84. The van der Waals surface area contributed by atoms with Gasteiger partial charge < -0.3 is 10.2 Å². The van der Waals surface area contributed by atoms with E-state index in [1.54, 1.807) is 21.8 Å². The van der Waals surface area contributed by atoms with Gasteiger partial charge >= 0.3 is 0 Å². The third-order valence-electron chi connectivity index (χ3n) is 4.67. The zero-order valence-electron chi connectivity index (χ0n) is 15.4. The quantitative estimate of drug-likeness (QED) is 0.372. The second kappa shape index (κ2) is 7.04. The van der Waals surface area contributed by atoms with Crippen molar-refractivity contribution in [2.45, 2.75) is 19.7 Å². The molecule has 146 valence electrons. The highest BCUT2D eigenvalue weighted by Crippen LogP contribution is 2.18. The molecule has 5 rings (SSSR count). The van der Waals surface area contributed by atoms with E-state index in [9.17, 15) is 5.11 Å². The lowest BCUT2D eigenvalue weighted by molar-refractivity contribution is -0.618. The van der Waals surface area contributed by atoms with Gasteiger partial charge in [0, 0.05) is 29.5 Å². The molecule has 0 fully saturated rings. The molecule has 0 amide bonds. The van der Waals surface area contributed by atoms with Crippen LogP contribution in [-0.4, -0.2) is 56.1 Å². The second-order valence-electron chi connectivity index (χ2n) is 6.57. The van der Waals surface area contributed by atoms with Crippen molar-refractivity contribution in [3.8, 4) is 11.3 Å². The average Bonchev–Trinajstić information content (AvgIpc) is 3.46. The van der Waals surface area contributed by atoms with Crippen LogP contribution in [0, 0.1) is 0 Å². The Morgan fingerprint density at radius 3 is 2.83 bits per heavy atom. The Balaban J connectivity index is 1.50. The molecule has 0 atom stereocenters. The minimum absolute atomic E-state index is 0.0184. The average molecular weight is 392 g/mol. The number of nitrogens with zero attached hydrogens (tertiary/aromatic N) is 9. The van der Waals surface area contributed by atoms with Gasteiger partial charge in [-0.1, -0.05) is 9.73 Å². The SMILES string of the molecule is OCCn1cc(-c2cnc3nnn(Cc4cc[n+]5ccc(CO)n5c4)c3n2)cn1. The molecular formula is C18H18N9O2+. The number of rotatable bonds is 6. The molecule has 5 heterocycles. The summed E-state index contributed by atoms with van der Waals surface area (Å²) in [5, 5.41) is 31.0. The highest BCUT2D eigenvalue weighted by molar-refractivity contribution is 5.69. The Labute approximate surface area is 164 Å². The van der Waals surface area contributed by atoms with Gasteiger partial charge in [-0.05, 0) is 0 Å². The predicted molar refractivity (Wildman–Crippen MR) is 99.5 cm³/mol. The molecule has 0 aliphatic rings. The Kier molecular flexibility index (Phi) is 4.22. The minimum Gasteiger partial charge on any atom is -0.394 e. The van der Waals surface area contributed by atoms with Gasteiger partial charge in [-0.25, -0.2) is 14.6 Å². The largest absolute Gasteiger partial charge is 0.394 e. The van der Waals surface area contributed by atoms with E-state index in [1.165, 1.54) is 0 Å². The summed E-state index contributed by atoms with van der Waals surface area (Å²) >= 11 is 0. The topological polar surface area (TPSA) is 123 Å². The molecule has 0 aliphatic carbocycles. The normalized spacial score (nSPS) is 11.7. The molecule has 11 nitrogen and oxygen atoms in total. The molecule has 5 aromatic rings. The van der Waals surface area contributed by atoms with Crippen molar-refractivity contribution < 1.29 is 14.7 Å². The number of hydrogen-bond donors (Lipinski definition) is 2. The van der Waals surface area contributed by atoms with Gasteiger partial charge in [0.2, 0.25) is 18.0 Å². The van der Waals surface area contributed by atoms with Gasteiger partial charge in [-0.15, -0.1) is 9.61 Å². The molecule has 11 heteroatoms. The molecule has 0 aromatic carbocycles. The molecule has 0 spiro atoms. The third-order valence-corrected chi connectivity index (χ3v) is 4.67. The number of aliphatic hydroxyl groups is 2. The molecule has 0 aliphatic heterocycles. The standard InChI is InChI=1S/C18H18N9O2/c28-6-5-24-11-14(7-20-24)16-8-19-17-18(21-16)26(23-22-17)9-13-1-3-25-4-2-15(12-29)27(25)10-13/h1-4,7-8,10-11,28-29H,5-6,9,12H2/q+1. The first-order valence-electron chi connectivity index (χ1n) is 9.06. The van der Waals surface area contributed by atoms with Crippen molar-refractivity contribution in [2.75, 3.05) is 6.61 Å². The van der Waals surface area contributed by atoms with Crippen molar-refractivity contribution in [2.24, 2.45) is 0 Å². The van der Waals surface area contributed by atoms with E-state index < -0.39 is 0 Å². The molecule has 0 unspecified atom stereocenters. The Bertz CT molecular complexity index is 1300. The molecule has 0 saturated heterocycles. The summed E-state index contributed by atoms with van der Waals surface area (Å²) in [5.41, 5.74) is 4.26. The molecular weight excluding hydrogens is 374 g/mol. The lowest BCUT2D eigenvalue weighted by Crippen LogP contribution is -2.28. The lowest BCUT2D eigenvalue weighted by atomic mass is 10.3. The van der Waals surface area contributed by atoms with Gasteiger partial charge in [-0.3, -0.25) is 4.68 Å². The van der Waals surface area contributed by atoms with Crippen molar-refractivity contribution in [1.82, 2.24) is 39.3 Å². The first-order valence-corrected chi connectivity index (χ1v) is 9.06. The van der Waals surface area contributed by atoms with Crippen LogP contribution in [0.5, 0.6) is 0 Å². The van der Waals surface area contributed by atoms with Gasteiger partial charge in [0.1, 0.15) is 5.69 Å². The van der Waals surface area contributed by atoms with Crippen molar-refractivity contribution in [3.63, 3.8) is 0 Å². The Morgan fingerprint density at radius 2 is 1.97 bits per heavy atom. The van der Waals surface area contributed by atoms with Crippen LogP contribution in [0.15, 0.2) is 49.3 Å². The second-order valence-corrected chi connectivity index (χ2v) is 6.57. The van der Waals surface area contributed by atoms with E-state index in [2.05, 4.69) is 25.4 Å². The molecule has 5 aromatic heterocycles. The summed E-state index contributed by atoms with van der Waals surface area (Å²) in [4.78, 5) is 9.03. The summed E-state index contributed by atoms with van der Waals surface area (Å²) in [6.07, 6.45) is 10.9. The summed E-state index contributed by atoms with van der Waals surface area (Å²) in [5.74, 6) is 0. The smallest absolute Gasteiger partial charge is 0.221 e. The molecule has 29 heavy (non-hydrogen) atoms. The third kappa shape index (κ3) is 3.11. The van der Waals surface area contributed by atoms with Crippen molar-refractivity contribution >= 4 is 11.3 Å². The Morgan fingerprint density at radius 1 is 1.07 bits per heavy atom. The maximum Gasteiger partial charge on any atom is 0.221 e. The number of aromatic nitrogens is 9. The van der Waals surface area contributed by atoms with E-state index in [4.69, 9.17) is 5.11 Å².